The quantitative estimate of drug-likeness (QED) is 0.525. The van der Waals surface area contributed by atoms with Crippen LogP contribution in [0.5, 0.6) is 0 Å². The van der Waals surface area contributed by atoms with Gasteiger partial charge < -0.3 is 9.94 Å². The Hall–Kier alpha value is -0.120. The Morgan fingerprint density at radius 3 is 2.78 bits per heavy atom. The van der Waals surface area contributed by atoms with Crippen molar-refractivity contribution in [1.29, 1.82) is 0 Å². The number of rotatable bonds is 1. The lowest BCUT2D eigenvalue weighted by atomic mass is 10.1. The summed E-state index contributed by atoms with van der Waals surface area (Å²) < 4.78 is 5.14. The van der Waals surface area contributed by atoms with E-state index < -0.39 is 0 Å². The molecule has 1 rings (SSSR count). The van der Waals surface area contributed by atoms with Crippen molar-refractivity contribution in [3.05, 3.63) is 0 Å². The van der Waals surface area contributed by atoms with Gasteiger partial charge in [0.05, 0.1) is 12.6 Å². The van der Waals surface area contributed by atoms with Crippen LogP contribution >= 0.6 is 0 Å². The monoisotopic (exact) mass is 131 g/mol. The van der Waals surface area contributed by atoms with E-state index in [1.807, 2.05) is 0 Å². The van der Waals surface area contributed by atoms with Crippen LogP contribution in [0.15, 0.2) is 0 Å². The third kappa shape index (κ3) is 1.93. The van der Waals surface area contributed by atoms with Crippen molar-refractivity contribution in [1.82, 2.24) is 5.06 Å². The molecule has 0 spiro atoms. The number of hydrogen-bond donors (Lipinski definition) is 1. The molecule has 0 aromatic heterocycles. The Morgan fingerprint density at radius 1 is 1.67 bits per heavy atom. The van der Waals surface area contributed by atoms with Crippen LogP contribution in [0.4, 0.5) is 0 Å². The van der Waals surface area contributed by atoms with Gasteiger partial charge in [0.2, 0.25) is 0 Å². The van der Waals surface area contributed by atoms with Crippen LogP contribution in [0.2, 0.25) is 0 Å². The lowest BCUT2D eigenvalue weighted by Crippen LogP contribution is -2.36. The highest BCUT2D eigenvalue weighted by molar-refractivity contribution is 4.65. The van der Waals surface area contributed by atoms with Gasteiger partial charge in [0.25, 0.3) is 0 Å². The van der Waals surface area contributed by atoms with E-state index in [-0.39, 0.29) is 6.04 Å². The van der Waals surface area contributed by atoms with Gasteiger partial charge in [-0.05, 0) is 12.8 Å². The molecule has 3 heteroatoms. The first-order chi connectivity index (χ1) is 4.30. The van der Waals surface area contributed by atoms with E-state index in [0.29, 0.717) is 6.61 Å². The van der Waals surface area contributed by atoms with Gasteiger partial charge in [0.1, 0.15) is 0 Å². The maximum atomic E-state index is 8.93. The zero-order chi connectivity index (χ0) is 6.69. The van der Waals surface area contributed by atoms with E-state index in [9.17, 15) is 0 Å². The third-order valence-corrected chi connectivity index (χ3v) is 1.66. The minimum atomic E-state index is 0.221. The van der Waals surface area contributed by atoms with Crippen LogP contribution < -0.4 is 0 Å². The molecule has 0 amide bonds. The Labute approximate surface area is 55.2 Å². The fraction of sp³-hybridized carbons (Fsp3) is 1.00. The molecule has 0 bridgehead atoms. The zero-order valence-corrected chi connectivity index (χ0v) is 5.71. The standard InChI is InChI=1S/C6H13NO2/c1-7(8)6-3-2-4-9-5-6/h6,8H,2-5H2,1H3. The summed E-state index contributed by atoms with van der Waals surface area (Å²) in [6.07, 6.45) is 2.11. The van der Waals surface area contributed by atoms with Crippen molar-refractivity contribution < 1.29 is 9.94 Å². The topological polar surface area (TPSA) is 32.7 Å². The maximum absolute atomic E-state index is 8.93. The minimum Gasteiger partial charge on any atom is -0.380 e. The smallest absolute Gasteiger partial charge is 0.0644 e. The van der Waals surface area contributed by atoms with E-state index in [0.717, 1.165) is 19.4 Å². The van der Waals surface area contributed by atoms with Gasteiger partial charge in [-0.2, -0.15) is 5.06 Å². The number of hydrogen-bond acceptors (Lipinski definition) is 3. The van der Waals surface area contributed by atoms with Crippen molar-refractivity contribution in [2.24, 2.45) is 0 Å². The number of hydroxylamine groups is 2. The summed E-state index contributed by atoms with van der Waals surface area (Å²) in [5, 5.41) is 10.2. The van der Waals surface area contributed by atoms with Crippen LogP contribution in [-0.4, -0.2) is 36.6 Å². The van der Waals surface area contributed by atoms with E-state index in [1.54, 1.807) is 7.05 Å². The molecule has 1 heterocycles. The number of nitrogens with zero attached hydrogens (tertiary/aromatic N) is 1. The number of ether oxygens (including phenoxy) is 1. The van der Waals surface area contributed by atoms with Crippen molar-refractivity contribution in [2.75, 3.05) is 20.3 Å². The van der Waals surface area contributed by atoms with E-state index >= 15 is 0 Å². The maximum Gasteiger partial charge on any atom is 0.0644 e. The Bertz CT molecular complexity index is 79.1. The zero-order valence-electron chi connectivity index (χ0n) is 5.71. The summed E-state index contributed by atoms with van der Waals surface area (Å²) >= 11 is 0. The fourth-order valence-corrected chi connectivity index (χ4v) is 1.02. The summed E-state index contributed by atoms with van der Waals surface area (Å²) in [5.74, 6) is 0. The average Bonchev–Trinajstić information content (AvgIpc) is 1.90. The molecule has 0 aromatic carbocycles. The van der Waals surface area contributed by atoms with Gasteiger partial charge in [-0.25, -0.2) is 0 Å². The highest BCUT2D eigenvalue weighted by Crippen LogP contribution is 2.09. The largest absolute Gasteiger partial charge is 0.380 e. The van der Waals surface area contributed by atoms with Crippen LogP contribution in [0.25, 0.3) is 0 Å². The molecular weight excluding hydrogens is 118 g/mol. The molecule has 0 saturated carbocycles. The van der Waals surface area contributed by atoms with Gasteiger partial charge in [-0.1, -0.05) is 0 Å². The predicted molar refractivity (Wildman–Crippen MR) is 33.4 cm³/mol. The molecule has 54 valence electrons. The van der Waals surface area contributed by atoms with Crippen LogP contribution in [-0.2, 0) is 4.74 Å². The molecule has 1 fully saturated rings. The molecule has 1 aliphatic rings. The molecule has 1 saturated heterocycles. The summed E-state index contributed by atoms with van der Waals surface area (Å²) in [6.45, 7) is 1.53. The summed E-state index contributed by atoms with van der Waals surface area (Å²) in [7, 11) is 1.67. The minimum absolute atomic E-state index is 0.221. The third-order valence-electron chi connectivity index (χ3n) is 1.66. The molecule has 0 aromatic rings. The highest BCUT2D eigenvalue weighted by Gasteiger charge is 2.16. The van der Waals surface area contributed by atoms with E-state index in [1.165, 1.54) is 5.06 Å². The van der Waals surface area contributed by atoms with Crippen molar-refractivity contribution >= 4 is 0 Å². The highest BCUT2D eigenvalue weighted by atomic mass is 16.5. The van der Waals surface area contributed by atoms with Crippen molar-refractivity contribution in [3.63, 3.8) is 0 Å². The second-order valence-corrected chi connectivity index (χ2v) is 2.44. The van der Waals surface area contributed by atoms with Crippen LogP contribution in [0.1, 0.15) is 12.8 Å². The van der Waals surface area contributed by atoms with Crippen LogP contribution in [0.3, 0.4) is 0 Å². The van der Waals surface area contributed by atoms with E-state index in [4.69, 9.17) is 9.94 Å². The van der Waals surface area contributed by atoms with Crippen molar-refractivity contribution in [3.8, 4) is 0 Å². The fourth-order valence-electron chi connectivity index (χ4n) is 1.02. The van der Waals surface area contributed by atoms with Crippen molar-refractivity contribution in [2.45, 2.75) is 18.9 Å². The number of likely N-dealkylation sites (N-methyl/N-ethyl adjacent to an activating group) is 1. The molecule has 9 heavy (non-hydrogen) atoms. The Morgan fingerprint density at radius 2 is 2.44 bits per heavy atom. The van der Waals surface area contributed by atoms with E-state index in [2.05, 4.69) is 0 Å². The second kappa shape index (κ2) is 3.15. The lowest BCUT2D eigenvalue weighted by molar-refractivity contribution is -0.136. The predicted octanol–water partition coefficient (Wildman–Crippen LogP) is 0.486. The summed E-state index contributed by atoms with van der Waals surface area (Å²) in [6, 6.07) is 0.221. The Kier molecular flexibility index (Phi) is 2.45. The Balaban J connectivity index is 2.23. The molecule has 0 radical (unpaired) electrons. The first kappa shape index (κ1) is 6.99. The summed E-state index contributed by atoms with van der Waals surface area (Å²) in [5.41, 5.74) is 0. The van der Waals surface area contributed by atoms with Gasteiger partial charge in [0.15, 0.2) is 0 Å². The lowest BCUT2D eigenvalue weighted by Gasteiger charge is -2.25. The molecule has 1 N–H and O–H groups in total. The average molecular weight is 131 g/mol. The van der Waals surface area contributed by atoms with Gasteiger partial charge >= 0.3 is 0 Å². The molecule has 0 aliphatic carbocycles. The first-order valence-corrected chi connectivity index (χ1v) is 3.30. The molecule has 1 atom stereocenters. The molecule has 3 nitrogen and oxygen atoms in total. The second-order valence-electron chi connectivity index (χ2n) is 2.44. The van der Waals surface area contributed by atoms with Crippen LogP contribution in [0, 0.1) is 0 Å². The van der Waals surface area contributed by atoms with Gasteiger partial charge in [-0.3, -0.25) is 0 Å². The summed E-state index contributed by atoms with van der Waals surface area (Å²) in [4.78, 5) is 0. The normalized spacial score (nSPS) is 29.0. The SMILES string of the molecule is CN(O)C1CCCOC1. The first-order valence-electron chi connectivity index (χ1n) is 3.30. The van der Waals surface area contributed by atoms with Gasteiger partial charge in [-0.15, -0.1) is 0 Å². The molecule has 1 unspecified atom stereocenters. The molecular formula is C6H13NO2. The molecule has 1 aliphatic heterocycles. The van der Waals surface area contributed by atoms with Gasteiger partial charge in [0, 0.05) is 13.7 Å².